The monoisotopic (exact) mass is 694 g/mol. The highest BCUT2D eigenvalue weighted by molar-refractivity contribution is 7.25. The van der Waals surface area contributed by atoms with Gasteiger partial charge >= 0.3 is 0 Å². The van der Waals surface area contributed by atoms with Crippen LogP contribution in [0.5, 0.6) is 0 Å². The van der Waals surface area contributed by atoms with Crippen molar-refractivity contribution in [2.24, 2.45) is 23.7 Å². The highest BCUT2D eigenvalue weighted by Crippen LogP contribution is 2.70. The van der Waals surface area contributed by atoms with Crippen LogP contribution in [0, 0.1) is 23.7 Å². The standard InChI is InChI=1S/C52H38S/c1-2-10-33-27-47-45(26-32(33)9-1)38-19-17-34(28-46(38)52(47)36-22-30-21-31(24-36)25-37(52)23-30)50-41-12-3-5-14-43(41)51(44-15-6-4-13-42(44)50)35-18-20-40-39-11-7-8-16-48(39)53-49(40)29-35/h1-20,26-31,36-37H,21-25H2. The lowest BCUT2D eigenvalue weighted by Gasteiger charge is -2.61. The van der Waals surface area contributed by atoms with Crippen LogP contribution in [0.25, 0.3) is 85.9 Å². The van der Waals surface area contributed by atoms with Gasteiger partial charge < -0.3 is 0 Å². The number of hydrogen-bond donors (Lipinski definition) is 0. The van der Waals surface area contributed by atoms with Crippen molar-refractivity contribution in [3.8, 4) is 33.4 Å². The maximum Gasteiger partial charge on any atom is 0.0361 e. The van der Waals surface area contributed by atoms with Gasteiger partial charge in [-0.2, -0.15) is 0 Å². The summed E-state index contributed by atoms with van der Waals surface area (Å²) in [5.74, 6) is 3.31. The normalized spacial score (nSPS) is 23.9. The second kappa shape index (κ2) is 10.5. The van der Waals surface area contributed by atoms with Crippen molar-refractivity contribution in [3.05, 3.63) is 157 Å². The first-order chi connectivity index (χ1) is 26.2. The molecular weight excluding hydrogens is 657 g/mol. The van der Waals surface area contributed by atoms with E-state index >= 15 is 0 Å². The highest BCUT2D eigenvalue weighted by Gasteiger charge is 2.61. The molecule has 0 saturated heterocycles. The van der Waals surface area contributed by atoms with E-state index in [0.29, 0.717) is 0 Å². The lowest BCUT2D eigenvalue weighted by molar-refractivity contribution is -0.0398. The lowest BCUT2D eigenvalue weighted by Crippen LogP contribution is -2.55. The number of benzene rings is 8. The summed E-state index contributed by atoms with van der Waals surface area (Å²) in [4.78, 5) is 0. The lowest BCUT2D eigenvalue weighted by atomic mass is 9.43. The maximum absolute atomic E-state index is 2.69. The third-order valence-electron chi connectivity index (χ3n) is 14.4. The van der Waals surface area contributed by atoms with Crippen LogP contribution in [0.3, 0.4) is 0 Å². The molecule has 4 saturated carbocycles. The zero-order valence-corrected chi connectivity index (χ0v) is 30.4. The van der Waals surface area contributed by atoms with Gasteiger partial charge in [-0.25, -0.2) is 0 Å². The second-order valence-corrected chi connectivity index (χ2v) is 17.9. The molecule has 252 valence electrons. The molecule has 8 aromatic carbocycles. The van der Waals surface area contributed by atoms with Gasteiger partial charge in [0, 0.05) is 25.6 Å². The summed E-state index contributed by atoms with van der Waals surface area (Å²) < 4.78 is 2.71. The van der Waals surface area contributed by atoms with Crippen LogP contribution in [-0.2, 0) is 5.41 Å². The molecule has 1 heteroatoms. The summed E-state index contributed by atoms with van der Waals surface area (Å²) in [5.41, 5.74) is 11.8. The minimum absolute atomic E-state index is 0.114. The van der Waals surface area contributed by atoms with Gasteiger partial charge in [0.15, 0.2) is 0 Å². The molecule has 1 aromatic heterocycles. The van der Waals surface area contributed by atoms with Crippen molar-refractivity contribution in [2.75, 3.05) is 0 Å². The van der Waals surface area contributed by atoms with E-state index in [2.05, 4.69) is 146 Å². The van der Waals surface area contributed by atoms with Crippen molar-refractivity contribution in [3.63, 3.8) is 0 Å². The van der Waals surface area contributed by atoms with Crippen LogP contribution in [0.4, 0.5) is 0 Å². The molecule has 0 nitrogen and oxygen atoms in total. The second-order valence-electron chi connectivity index (χ2n) is 16.8. The Hall–Kier alpha value is -5.24. The Morgan fingerprint density at radius 2 is 0.906 bits per heavy atom. The third kappa shape index (κ3) is 3.81. The summed E-state index contributed by atoms with van der Waals surface area (Å²) >= 11 is 1.91. The molecular formula is C52H38S. The molecule has 14 rings (SSSR count). The van der Waals surface area contributed by atoms with E-state index in [-0.39, 0.29) is 5.41 Å². The number of thiophene rings is 1. The molecule has 4 bridgehead atoms. The third-order valence-corrected chi connectivity index (χ3v) is 15.5. The SMILES string of the molecule is c1ccc2cc3c(cc2c1)-c1ccc(-c2c4ccccc4c(-c4ccc5c(c4)sc4ccccc45)c4ccccc24)cc1C31C2CC3CC(C2)CC1C3. The Kier molecular flexibility index (Phi) is 5.77. The average Bonchev–Trinajstić information content (AvgIpc) is 3.70. The largest absolute Gasteiger partial charge is 0.135 e. The summed E-state index contributed by atoms with van der Waals surface area (Å²) in [7, 11) is 0. The van der Waals surface area contributed by atoms with Crippen LogP contribution >= 0.6 is 11.3 Å². The Labute approximate surface area is 313 Å². The molecule has 53 heavy (non-hydrogen) atoms. The van der Waals surface area contributed by atoms with E-state index in [1.54, 1.807) is 11.1 Å². The fourth-order valence-electron chi connectivity index (χ4n) is 12.7. The molecule has 5 aliphatic rings. The predicted octanol–water partition coefficient (Wildman–Crippen LogP) is 14.6. The Morgan fingerprint density at radius 3 is 1.57 bits per heavy atom. The van der Waals surface area contributed by atoms with Crippen LogP contribution in [-0.4, -0.2) is 0 Å². The van der Waals surface area contributed by atoms with Crippen LogP contribution in [0.1, 0.15) is 43.2 Å². The van der Waals surface area contributed by atoms with Gasteiger partial charge in [0.2, 0.25) is 0 Å². The van der Waals surface area contributed by atoms with Gasteiger partial charge in [0.1, 0.15) is 0 Å². The van der Waals surface area contributed by atoms with E-state index < -0.39 is 0 Å². The van der Waals surface area contributed by atoms with Crippen molar-refractivity contribution in [1.82, 2.24) is 0 Å². The number of rotatable bonds is 2. The predicted molar refractivity (Wildman–Crippen MR) is 226 cm³/mol. The topological polar surface area (TPSA) is 0 Å². The molecule has 0 aliphatic heterocycles. The number of fused-ring (bicyclic) bond motifs is 9. The molecule has 4 fully saturated rings. The van der Waals surface area contributed by atoms with Gasteiger partial charge in [-0.3, -0.25) is 0 Å². The molecule has 0 atom stereocenters. The first kappa shape index (κ1) is 29.2. The van der Waals surface area contributed by atoms with Crippen LogP contribution in [0.15, 0.2) is 146 Å². The Bertz CT molecular complexity index is 2940. The van der Waals surface area contributed by atoms with Crippen LogP contribution < -0.4 is 0 Å². The maximum atomic E-state index is 2.69. The summed E-state index contributed by atoms with van der Waals surface area (Å²) in [6.07, 6.45) is 7.06. The molecule has 0 N–H and O–H groups in total. The minimum Gasteiger partial charge on any atom is -0.135 e. The molecule has 1 heterocycles. The summed E-state index contributed by atoms with van der Waals surface area (Å²) in [6, 6.07) is 56.3. The zero-order chi connectivity index (χ0) is 34.4. The molecule has 0 radical (unpaired) electrons. The zero-order valence-electron chi connectivity index (χ0n) is 29.6. The van der Waals surface area contributed by atoms with Gasteiger partial charge in [0.25, 0.3) is 0 Å². The van der Waals surface area contributed by atoms with Crippen molar-refractivity contribution >= 4 is 63.8 Å². The quantitative estimate of drug-likeness (QED) is 0.158. The Morgan fingerprint density at radius 1 is 0.396 bits per heavy atom. The Balaban J connectivity index is 1.07. The van der Waals surface area contributed by atoms with E-state index in [9.17, 15) is 0 Å². The molecule has 0 amide bonds. The van der Waals surface area contributed by atoms with Gasteiger partial charge in [-0.05, 0) is 163 Å². The number of hydrogen-bond acceptors (Lipinski definition) is 1. The fourth-order valence-corrected chi connectivity index (χ4v) is 13.8. The van der Waals surface area contributed by atoms with Gasteiger partial charge in [0.05, 0.1) is 0 Å². The van der Waals surface area contributed by atoms with E-state index in [1.165, 1.54) is 118 Å². The van der Waals surface area contributed by atoms with E-state index in [4.69, 9.17) is 0 Å². The molecule has 9 aromatic rings. The minimum atomic E-state index is 0.114. The molecule has 5 aliphatic carbocycles. The van der Waals surface area contributed by atoms with Gasteiger partial charge in [-0.1, -0.05) is 115 Å². The van der Waals surface area contributed by atoms with Crippen molar-refractivity contribution in [2.45, 2.75) is 37.5 Å². The first-order valence-electron chi connectivity index (χ1n) is 19.8. The van der Waals surface area contributed by atoms with E-state index in [1.807, 2.05) is 11.3 Å². The smallest absolute Gasteiger partial charge is 0.0361 e. The van der Waals surface area contributed by atoms with Crippen LogP contribution in [0.2, 0.25) is 0 Å². The van der Waals surface area contributed by atoms with Gasteiger partial charge in [-0.15, -0.1) is 11.3 Å². The summed E-state index contributed by atoms with van der Waals surface area (Å²) in [6.45, 7) is 0. The highest BCUT2D eigenvalue weighted by atomic mass is 32.1. The summed E-state index contributed by atoms with van der Waals surface area (Å²) in [5, 5.41) is 10.8. The first-order valence-corrected chi connectivity index (χ1v) is 20.6. The van der Waals surface area contributed by atoms with E-state index in [0.717, 1.165) is 23.7 Å². The fraction of sp³-hybridized carbons (Fsp3) is 0.192. The van der Waals surface area contributed by atoms with Crippen molar-refractivity contribution in [1.29, 1.82) is 0 Å². The molecule has 0 unspecified atom stereocenters. The van der Waals surface area contributed by atoms with Crippen molar-refractivity contribution < 1.29 is 0 Å². The average molecular weight is 695 g/mol. The molecule has 1 spiro atoms.